The van der Waals surface area contributed by atoms with Gasteiger partial charge in [0.15, 0.2) is 0 Å². The predicted octanol–water partition coefficient (Wildman–Crippen LogP) is 4.13. The molecule has 1 aromatic heterocycles. The minimum absolute atomic E-state index is 0.0798. The van der Waals surface area contributed by atoms with Gasteiger partial charge in [-0.15, -0.1) is 0 Å². The van der Waals surface area contributed by atoms with E-state index in [0.717, 1.165) is 37.8 Å². The van der Waals surface area contributed by atoms with E-state index in [-0.39, 0.29) is 17.4 Å². The van der Waals surface area contributed by atoms with Crippen LogP contribution in [-0.2, 0) is 16.6 Å². The molecule has 26 heavy (non-hydrogen) atoms. The molecule has 0 spiro atoms. The van der Waals surface area contributed by atoms with Crippen LogP contribution in [0.15, 0.2) is 48.7 Å². The molecule has 1 aromatic carbocycles. The maximum atomic E-state index is 12.6. The number of aryl methyl sites for hydroxylation is 1. The van der Waals surface area contributed by atoms with Crippen LogP contribution in [-0.4, -0.2) is 16.4 Å². The first kappa shape index (κ1) is 16.0. The van der Waals surface area contributed by atoms with E-state index in [9.17, 15) is 4.79 Å². The highest BCUT2D eigenvalue weighted by Crippen LogP contribution is 2.68. The number of benzene rings is 1. The number of pyridine rings is 1. The summed E-state index contributed by atoms with van der Waals surface area (Å²) in [4.78, 5) is 17.0. The molecule has 1 amide bonds. The van der Waals surface area contributed by atoms with Crippen molar-refractivity contribution >= 4 is 5.91 Å². The Labute approximate surface area is 155 Å². The van der Waals surface area contributed by atoms with Crippen molar-refractivity contribution in [3.05, 3.63) is 65.5 Å². The SMILES string of the molecule is CCCc1ccc(C23CC(NC(=O)C4CC4c4ccccn4)(C2)C3)cc1. The van der Waals surface area contributed by atoms with Gasteiger partial charge in [0.2, 0.25) is 5.91 Å². The second kappa shape index (κ2) is 5.67. The lowest BCUT2D eigenvalue weighted by Crippen LogP contribution is -2.76. The fraction of sp³-hybridized carbons (Fsp3) is 0.478. The smallest absolute Gasteiger partial charge is 0.224 e. The first-order valence-electron chi connectivity index (χ1n) is 9.96. The van der Waals surface area contributed by atoms with Crippen LogP contribution in [0.4, 0.5) is 0 Å². The third kappa shape index (κ3) is 2.48. The Kier molecular flexibility index (Phi) is 3.50. The molecule has 3 nitrogen and oxygen atoms in total. The quantitative estimate of drug-likeness (QED) is 0.854. The summed E-state index contributed by atoms with van der Waals surface area (Å²) in [5, 5.41) is 3.38. The Balaban J connectivity index is 1.17. The van der Waals surface area contributed by atoms with Gasteiger partial charge in [0, 0.05) is 34.7 Å². The van der Waals surface area contributed by atoms with E-state index in [2.05, 4.69) is 41.5 Å². The number of carbonyl (C=O) groups is 1. The Bertz CT molecular complexity index is 807. The fourth-order valence-electron chi connectivity index (χ4n) is 5.30. The second-order valence-corrected chi connectivity index (χ2v) is 8.73. The molecule has 2 unspecified atom stereocenters. The maximum Gasteiger partial charge on any atom is 0.224 e. The molecule has 1 heterocycles. The van der Waals surface area contributed by atoms with Gasteiger partial charge in [0.05, 0.1) is 0 Å². The number of hydrogen-bond donors (Lipinski definition) is 1. The van der Waals surface area contributed by atoms with Crippen molar-refractivity contribution in [2.75, 3.05) is 0 Å². The van der Waals surface area contributed by atoms with E-state index in [1.807, 2.05) is 24.4 Å². The third-order valence-electron chi connectivity index (χ3n) is 6.72. The van der Waals surface area contributed by atoms with E-state index in [1.54, 1.807) is 0 Å². The molecule has 4 fully saturated rings. The summed E-state index contributed by atoms with van der Waals surface area (Å²) in [5.74, 6) is 0.694. The highest BCUT2D eigenvalue weighted by atomic mass is 16.2. The lowest BCUT2D eigenvalue weighted by molar-refractivity contribution is -0.139. The molecule has 0 aliphatic heterocycles. The normalized spacial score (nSPS) is 33.7. The van der Waals surface area contributed by atoms with Crippen molar-refractivity contribution in [3.63, 3.8) is 0 Å². The van der Waals surface area contributed by atoms with Gasteiger partial charge in [0.25, 0.3) is 0 Å². The second-order valence-electron chi connectivity index (χ2n) is 8.73. The average molecular weight is 346 g/mol. The van der Waals surface area contributed by atoms with Gasteiger partial charge >= 0.3 is 0 Å². The molecular weight excluding hydrogens is 320 g/mol. The van der Waals surface area contributed by atoms with Crippen LogP contribution in [0.3, 0.4) is 0 Å². The van der Waals surface area contributed by atoms with Crippen LogP contribution in [0, 0.1) is 5.92 Å². The maximum absolute atomic E-state index is 12.6. The van der Waals surface area contributed by atoms with Gasteiger partial charge in [-0.25, -0.2) is 0 Å². The van der Waals surface area contributed by atoms with Gasteiger partial charge in [-0.1, -0.05) is 43.7 Å². The van der Waals surface area contributed by atoms with E-state index in [1.165, 1.54) is 17.5 Å². The monoisotopic (exact) mass is 346 g/mol. The summed E-state index contributed by atoms with van der Waals surface area (Å²) in [6.07, 6.45) is 8.45. The Morgan fingerprint density at radius 1 is 1.15 bits per heavy atom. The van der Waals surface area contributed by atoms with Gasteiger partial charge in [-0.3, -0.25) is 9.78 Å². The zero-order valence-corrected chi connectivity index (χ0v) is 15.4. The minimum atomic E-state index is 0.0798. The molecule has 4 aliphatic carbocycles. The van der Waals surface area contributed by atoms with Crippen molar-refractivity contribution in [2.45, 2.75) is 62.3 Å². The van der Waals surface area contributed by atoms with Crippen molar-refractivity contribution in [2.24, 2.45) is 5.92 Å². The topological polar surface area (TPSA) is 42.0 Å². The first-order chi connectivity index (χ1) is 12.6. The molecule has 6 rings (SSSR count). The van der Waals surface area contributed by atoms with Crippen LogP contribution in [0.25, 0.3) is 0 Å². The van der Waals surface area contributed by atoms with Gasteiger partial charge in [-0.05, 0) is 55.4 Å². The summed E-state index contributed by atoms with van der Waals surface area (Å²) in [6.45, 7) is 2.22. The van der Waals surface area contributed by atoms with Crippen molar-refractivity contribution < 1.29 is 4.79 Å². The molecule has 2 atom stereocenters. The number of nitrogens with one attached hydrogen (secondary N) is 1. The molecule has 2 bridgehead atoms. The van der Waals surface area contributed by atoms with E-state index < -0.39 is 0 Å². The van der Waals surface area contributed by atoms with Gasteiger partial charge in [-0.2, -0.15) is 0 Å². The molecule has 4 aliphatic rings. The molecule has 0 saturated heterocycles. The van der Waals surface area contributed by atoms with E-state index in [0.29, 0.717) is 11.3 Å². The Morgan fingerprint density at radius 2 is 1.92 bits per heavy atom. The number of rotatable bonds is 6. The van der Waals surface area contributed by atoms with Crippen molar-refractivity contribution in [1.82, 2.24) is 10.3 Å². The molecule has 4 saturated carbocycles. The summed E-state index contributed by atoms with van der Waals surface area (Å²) in [6, 6.07) is 15.2. The summed E-state index contributed by atoms with van der Waals surface area (Å²) in [5.41, 5.74) is 4.37. The van der Waals surface area contributed by atoms with Crippen LogP contribution >= 0.6 is 0 Å². The van der Waals surface area contributed by atoms with Crippen molar-refractivity contribution in [3.8, 4) is 0 Å². The summed E-state index contributed by atoms with van der Waals surface area (Å²) in [7, 11) is 0. The molecule has 1 N–H and O–H groups in total. The summed E-state index contributed by atoms with van der Waals surface area (Å²) >= 11 is 0. The zero-order chi connectivity index (χ0) is 17.8. The standard InChI is InChI=1S/C23H26N2O/c1-2-5-16-7-9-17(10-8-16)22-13-23(14-22,15-22)25-21(26)19-12-18(19)20-6-3-4-11-24-20/h3-4,6-11,18-19H,2,5,12-15H2,1H3,(H,25,26). The minimum Gasteiger partial charge on any atom is -0.350 e. The van der Waals surface area contributed by atoms with E-state index >= 15 is 0 Å². The number of aromatic nitrogens is 1. The number of amides is 1. The van der Waals surface area contributed by atoms with Crippen LogP contribution < -0.4 is 5.32 Å². The highest BCUT2D eigenvalue weighted by Gasteiger charge is 2.69. The molecule has 134 valence electrons. The predicted molar refractivity (Wildman–Crippen MR) is 102 cm³/mol. The highest BCUT2D eigenvalue weighted by molar-refractivity contribution is 5.84. The summed E-state index contributed by atoms with van der Waals surface area (Å²) < 4.78 is 0. The Morgan fingerprint density at radius 3 is 2.58 bits per heavy atom. The molecule has 0 radical (unpaired) electrons. The third-order valence-corrected chi connectivity index (χ3v) is 6.72. The number of nitrogens with zero attached hydrogens (tertiary/aromatic N) is 1. The number of carbonyl (C=O) groups excluding carboxylic acids is 1. The van der Waals surface area contributed by atoms with Gasteiger partial charge < -0.3 is 5.32 Å². The zero-order valence-electron chi connectivity index (χ0n) is 15.4. The van der Waals surface area contributed by atoms with Crippen LogP contribution in [0.2, 0.25) is 0 Å². The molecule has 2 aromatic rings. The molecular formula is C23H26N2O. The molecule has 3 heteroatoms. The largest absolute Gasteiger partial charge is 0.350 e. The Hall–Kier alpha value is -2.16. The fourth-order valence-corrected chi connectivity index (χ4v) is 5.30. The van der Waals surface area contributed by atoms with E-state index in [4.69, 9.17) is 0 Å². The van der Waals surface area contributed by atoms with Crippen LogP contribution in [0.5, 0.6) is 0 Å². The van der Waals surface area contributed by atoms with Crippen molar-refractivity contribution in [1.29, 1.82) is 0 Å². The first-order valence-corrected chi connectivity index (χ1v) is 9.96. The average Bonchev–Trinajstić information content (AvgIpc) is 3.40. The van der Waals surface area contributed by atoms with Crippen LogP contribution in [0.1, 0.15) is 61.8 Å². The van der Waals surface area contributed by atoms with Gasteiger partial charge in [0.1, 0.15) is 0 Å². The lowest BCUT2D eigenvalue weighted by atomic mass is 9.37. The lowest BCUT2D eigenvalue weighted by Gasteiger charge is -2.71. The number of hydrogen-bond acceptors (Lipinski definition) is 2.